The monoisotopic (exact) mass is 264 g/mol. The predicted molar refractivity (Wildman–Crippen MR) is 71.9 cm³/mol. The van der Waals surface area contributed by atoms with Gasteiger partial charge in [-0.2, -0.15) is 0 Å². The van der Waals surface area contributed by atoms with Gasteiger partial charge in [-0.3, -0.25) is 4.79 Å². The third kappa shape index (κ3) is 2.02. The molecule has 1 aromatic rings. The summed E-state index contributed by atoms with van der Waals surface area (Å²) in [5.41, 5.74) is 1.72. The van der Waals surface area contributed by atoms with Crippen LogP contribution in [0, 0.1) is 18.8 Å². The molecule has 1 aromatic carbocycles. The Bertz CT molecular complexity index is 477. The van der Waals surface area contributed by atoms with Crippen LogP contribution in [0.2, 0.25) is 5.02 Å². The Morgan fingerprint density at radius 3 is 2.61 bits per heavy atom. The van der Waals surface area contributed by atoms with E-state index in [2.05, 4.69) is 5.32 Å². The van der Waals surface area contributed by atoms with Crippen LogP contribution in [0.25, 0.3) is 0 Å². The molecule has 2 heterocycles. The standard InChI is InChI=1S/C14H17ClN2O/c1-9-2-3-12(13(15)4-9)14(18)17-7-10-5-16-6-11(10)8-17/h2-4,10-11,16H,5-8H2,1H3. The zero-order chi connectivity index (χ0) is 12.7. The van der Waals surface area contributed by atoms with E-state index in [1.54, 1.807) is 0 Å². The average molecular weight is 265 g/mol. The third-order valence-electron chi connectivity index (χ3n) is 4.03. The lowest BCUT2D eigenvalue weighted by atomic mass is 10.0. The summed E-state index contributed by atoms with van der Waals surface area (Å²) in [5.74, 6) is 1.32. The minimum Gasteiger partial charge on any atom is -0.338 e. The minimum absolute atomic E-state index is 0.0781. The van der Waals surface area contributed by atoms with E-state index in [4.69, 9.17) is 11.6 Å². The van der Waals surface area contributed by atoms with Gasteiger partial charge in [0.2, 0.25) is 0 Å². The fraction of sp³-hybridized carbons (Fsp3) is 0.500. The van der Waals surface area contributed by atoms with Crippen LogP contribution >= 0.6 is 11.6 Å². The van der Waals surface area contributed by atoms with Crippen LogP contribution in [-0.2, 0) is 0 Å². The van der Waals surface area contributed by atoms with Crippen molar-refractivity contribution in [1.82, 2.24) is 10.2 Å². The van der Waals surface area contributed by atoms with E-state index in [1.807, 2.05) is 30.0 Å². The lowest BCUT2D eigenvalue weighted by Crippen LogP contribution is -2.32. The molecule has 0 spiro atoms. The molecule has 0 saturated carbocycles. The molecule has 0 aromatic heterocycles. The summed E-state index contributed by atoms with van der Waals surface area (Å²) in [6.07, 6.45) is 0. The minimum atomic E-state index is 0.0781. The number of rotatable bonds is 1. The van der Waals surface area contributed by atoms with E-state index >= 15 is 0 Å². The maximum absolute atomic E-state index is 12.4. The van der Waals surface area contributed by atoms with Gasteiger partial charge >= 0.3 is 0 Å². The number of carbonyl (C=O) groups excluding carboxylic acids is 1. The van der Waals surface area contributed by atoms with Crippen LogP contribution in [0.1, 0.15) is 15.9 Å². The quantitative estimate of drug-likeness (QED) is 0.841. The van der Waals surface area contributed by atoms with Crippen LogP contribution in [-0.4, -0.2) is 37.0 Å². The van der Waals surface area contributed by atoms with Gasteiger partial charge in [-0.05, 0) is 36.5 Å². The largest absolute Gasteiger partial charge is 0.338 e. The zero-order valence-electron chi connectivity index (χ0n) is 10.4. The highest BCUT2D eigenvalue weighted by molar-refractivity contribution is 6.33. The van der Waals surface area contributed by atoms with Crippen molar-refractivity contribution in [3.05, 3.63) is 34.3 Å². The van der Waals surface area contributed by atoms with Crippen LogP contribution in [0.4, 0.5) is 0 Å². The van der Waals surface area contributed by atoms with Gasteiger partial charge in [0, 0.05) is 26.2 Å². The molecular formula is C14H17ClN2O. The van der Waals surface area contributed by atoms with Crippen molar-refractivity contribution in [3.63, 3.8) is 0 Å². The van der Waals surface area contributed by atoms with Gasteiger partial charge in [0.1, 0.15) is 0 Å². The van der Waals surface area contributed by atoms with E-state index in [-0.39, 0.29) is 5.91 Å². The number of hydrogen-bond acceptors (Lipinski definition) is 2. The van der Waals surface area contributed by atoms with Gasteiger partial charge in [-0.15, -0.1) is 0 Å². The summed E-state index contributed by atoms with van der Waals surface area (Å²) in [4.78, 5) is 14.4. The van der Waals surface area contributed by atoms with Crippen LogP contribution in [0.3, 0.4) is 0 Å². The highest BCUT2D eigenvalue weighted by atomic mass is 35.5. The van der Waals surface area contributed by atoms with Gasteiger partial charge in [0.05, 0.1) is 10.6 Å². The predicted octanol–water partition coefficient (Wildman–Crippen LogP) is 1.94. The van der Waals surface area contributed by atoms with Gasteiger partial charge < -0.3 is 10.2 Å². The Morgan fingerprint density at radius 1 is 1.33 bits per heavy atom. The normalized spacial score (nSPS) is 26.4. The molecule has 2 aliphatic rings. The van der Waals surface area contributed by atoms with Crippen molar-refractivity contribution in [1.29, 1.82) is 0 Å². The average Bonchev–Trinajstić information content (AvgIpc) is 2.87. The van der Waals surface area contributed by atoms with Crippen molar-refractivity contribution in [3.8, 4) is 0 Å². The molecule has 2 unspecified atom stereocenters. The summed E-state index contributed by atoms with van der Waals surface area (Å²) in [6.45, 7) is 5.78. The molecule has 96 valence electrons. The number of aryl methyl sites for hydroxylation is 1. The van der Waals surface area contributed by atoms with E-state index in [1.165, 1.54) is 0 Å². The Morgan fingerprint density at radius 2 is 2.00 bits per heavy atom. The molecule has 0 bridgehead atoms. The molecule has 3 nitrogen and oxygen atoms in total. The molecule has 0 aliphatic carbocycles. The Kier molecular flexibility index (Phi) is 3.04. The third-order valence-corrected chi connectivity index (χ3v) is 4.34. The fourth-order valence-corrected chi connectivity index (χ4v) is 3.30. The van der Waals surface area contributed by atoms with Crippen LogP contribution < -0.4 is 5.32 Å². The van der Waals surface area contributed by atoms with E-state index < -0.39 is 0 Å². The molecule has 1 amide bonds. The SMILES string of the molecule is Cc1ccc(C(=O)N2CC3CNCC3C2)c(Cl)c1. The van der Waals surface area contributed by atoms with E-state index in [9.17, 15) is 4.79 Å². The summed E-state index contributed by atoms with van der Waals surface area (Å²) in [5, 5.41) is 3.94. The summed E-state index contributed by atoms with van der Waals surface area (Å²) < 4.78 is 0. The second-order valence-corrected chi connectivity index (χ2v) is 5.78. The number of benzene rings is 1. The first-order valence-corrected chi connectivity index (χ1v) is 6.79. The number of fused-ring (bicyclic) bond motifs is 1. The number of nitrogens with zero attached hydrogens (tertiary/aromatic N) is 1. The maximum Gasteiger partial charge on any atom is 0.255 e. The Balaban J connectivity index is 1.79. The molecule has 1 N–H and O–H groups in total. The zero-order valence-corrected chi connectivity index (χ0v) is 11.2. The first-order chi connectivity index (χ1) is 8.65. The number of nitrogens with one attached hydrogen (secondary N) is 1. The molecule has 2 atom stereocenters. The Labute approximate surface area is 112 Å². The van der Waals surface area contributed by atoms with Gasteiger partial charge in [0.15, 0.2) is 0 Å². The van der Waals surface area contributed by atoms with E-state index in [0.29, 0.717) is 22.4 Å². The number of carbonyl (C=O) groups is 1. The summed E-state index contributed by atoms with van der Waals surface area (Å²) in [7, 11) is 0. The number of hydrogen-bond donors (Lipinski definition) is 1. The molecule has 2 fully saturated rings. The number of amides is 1. The van der Waals surface area contributed by atoms with Gasteiger partial charge in [-0.25, -0.2) is 0 Å². The topological polar surface area (TPSA) is 32.3 Å². The van der Waals surface area contributed by atoms with Crippen molar-refractivity contribution in [2.24, 2.45) is 11.8 Å². The maximum atomic E-state index is 12.4. The molecule has 4 heteroatoms. The highest BCUT2D eigenvalue weighted by Crippen LogP contribution is 2.29. The van der Waals surface area contributed by atoms with Crippen molar-refractivity contribution >= 4 is 17.5 Å². The molecule has 2 saturated heterocycles. The lowest BCUT2D eigenvalue weighted by Gasteiger charge is -2.18. The molecule has 3 rings (SSSR count). The van der Waals surface area contributed by atoms with Gasteiger partial charge in [0.25, 0.3) is 5.91 Å². The van der Waals surface area contributed by atoms with Crippen molar-refractivity contribution in [2.75, 3.05) is 26.2 Å². The molecule has 0 radical (unpaired) electrons. The summed E-state index contributed by atoms with van der Waals surface area (Å²) >= 11 is 6.16. The molecular weight excluding hydrogens is 248 g/mol. The first kappa shape index (κ1) is 12.0. The Hall–Kier alpha value is -1.06. The molecule has 18 heavy (non-hydrogen) atoms. The first-order valence-electron chi connectivity index (χ1n) is 6.41. The lowest BCUT2D eigenvalue weighted by molar-refractivity contribution is 0.0782. The second-order valence-electron chi connectivity index (χ2n) is 5.37. The molecule has 2 aliphatic heterocycles. The smallest absolute Gasteiger partial charge is 0.255 e. The van der Waals surface area contributed by atoms with Crippen molar-refractivity contribution in [2.45, 2.75) is 6.92 Å². The summed E-state index contributed by atoms with van der Waals surface area (Å²) in [6, 6.07) is 5.64. The number of halogens is 1. The van der Waals surface area contributed by atoms with Crippen LogP contribution in [0.5, 0.6) is 0 Å². The fourth-order valence-electron chi connectivity index (χ4n) is 2.99. The van der Waals surface area contributed by atoms with Gasteiger partial charge in [-0.1, -0.05) is 17.7 Å². The number of likely N-dealkylation sites (tertiary alicyclic amines) is 1. The van der Waals surface area contributed by atoms with Crippen molar-refractivity contribution < 1.29 is 4.79 Å². The highest BCUT2D eigenvalue weighted by Gasteiger charge is 2.38. The van der Waals surface area contributed by atoms with E-state index in [0.717, 1.165) is 31.7 Å². The second kappa shape index (κ2) is 4.56. The van der Waals surface area contributed by atoms with Crippen LogP contribution in [0.15, 0.2) is 18.2 Å².